The van der Waals surface area contributed by atoms with E-state index in [0.29, 0.717) is 18.7 Å². The number of thiophene rings is 1. The van der Waals surface area contributed by atoms with Gasteiger partial charge in [0.1, 0.15) is 0 Å². The Bertz CT molecular complexity index is 529. The van der Waals surface area contributed by atoms with Crippen molar-refractivity contribution in [1.29, 1.82) is 0 Å². The van der Waals surface area contributed by atoms with Gasteiger partial charge in [-0.2, -0.15) is 11.3 Å². The molecule has 0 spiro atoms. The summed E-state index contributed by atoms with van der Waals surface area (Å²) in [6.07, 6.45) is 0.651. The molecule has 2 fully saturated rings. The molecule has 0 bridgehead atoms. The summed E-state index contributed by atoms with van der Waals surface area (Å²) in [5.74, 6) is -0.262. The van der Waals surface area contributed by atoms with Crippen molar-refractivity contribution in [3.8, 4) is 0 Å². The van der Waals surface area contributed by atoms with Crippen LogP contribution in [0.1, 0.15) is 30.6 Å². The van der Waals surface area contributed by atoms with Gasteiger partial charge in [-0.15, -0.1) is 0 Å². The molecule has 1 N–H and O–H groups in total. The minimum Gasteiger partial charge on any atom is -0.375 e. The minimum atomic E-state index is -0.262. The van der Waals surface area contributed by atoms with Crippen molar-refractivity contribution >= 4 is 23.2 Å². The molecule has 2 aliphatic rings. The van der Waals surface area contributed by atoms with Gasteiger partial charge in [-0.05, 0) is 31.7 Å². The topological polar surface area (TPSA) is 58.6 Å². The van der Waals surface area contributed by atoms with Gasteiger partial charge in [-0.1, -0.05) is 0 Å². The van der Waals surface area contributed by atoms with Gasteiger partial charge in [0.15, 0.2) is 0 Å². The van der Waals surface area contributed by atoms with Gasteiger partial charge in [-0.3, -0.25) is 9.59 Å². The van der Waals surface area contributed by atoms with Gasteiger partial charge in [0.2, 0.25) is 5.91 Å². The molecule has 2 aliphatic heterocycles. The normalized spacial score (nSPS) is 28.0. The van der Waals surface area contributed by atoms with E-state index in [9.17, 15) is 9.59 Å². The smallest absolute Gasteiger partial charge is 0.255 e. The summed E-state index contributed by atoms with van der Waals surface area (Å²) in [6.45, 7) is 4.94. The van der Waals surface area contributed by atoms with Crippen molar-refractivity contribution in [1.82, 2.24) is 10.2 Å². The molecule has 1 aromatic heterocycles. The first-order valence-electron chi connectivity index (χ1n) is 7.33. The van der Waals surface area contributed by atoms with Crippen LogP contribution < -0.4 is 5.32 Å². The Hall–Kier alpha value is -1.40. The molecule has 0 radical (unpaired) electrons. The summed E-state index contributed by atoms with van der Waals surface area (Å²) in [5.41, 5.74) is 0.704. The first-order chi connectivity index (χ1) is 10.1. The predicted octanol–water partition coefficient (Wildman–Crippen LogP) is 1.50. The highest BCUT2D eigenvalue weighted by molar-refractivity contribution is 7.08. The Morgan fingerprint density at radius 1 is 1.48 bits per heavy atom. The first-order valence-corrected chi connectivity index (χ1v) is 8.27. The van der Waals surface area contributed by atoms with E-state index in [2.05, 4.69) is 5.32 Å². The number of amides is 2. The number of hydrogen-bond acceptors (Lipinski definition) is 4. The molecule has 3 atom stereocenters. The predicted molar refractivity (Wildman–Crippen MR) is 80.3 cm³/mol. The molecule has 114 valence electrons. The van der Waals surface area contributed by atoms with Crippen LogP contribution in [0, 0.1) is 5.92 Å². The van der Waals surface area contributed by atoms with Crippen LogP contribution in [0.5, 0.6) is 0 Å². The lowest BCUT2D eigenvalue weighted by atomic mass is 10.0. The fraction of sp³-hybridized carbons (Fsp3) is 0.600. The molecule has 0 unspecified atom stereocenters. The SMILES string of the molecule is CC(C)NC(=O)[C@@H]1CN(C(=O)c2ccsc2)[C@H]2CCO[C@H]12. The third-order valence-electron chi connectivity index (χ3n) is 4.09. The fourth-order valence-corrected chi connectivity index (χ4v) is 3.81. The number of carbonyl (C=O) groups is 2. The quantitative estimate of drug-likeness (QED) is 0.920. The molecule has 1 aromatic rings. The Morgan fingerprint density at radius 2 is 2.29 bits per heavy atom. The molecule has 6 heteroatoms. The van der Waals surface area contributed by atoms with Crippen LogP contribution in [-0.2, 0) is 9.53 Å². The number of carbonyl (C=O) groups excluding carboxylic acids is 2. The van der Waals surface area contributed by atoms with E-state index in [1.807, 2.05) is 35.6 Å². The lowest BCUT2D eigenvalue weighted by Gasteiger charge is -2.21. The number of fused-ring (bicyclic) bond motifs is 1. The number of nitrogens with zero attached hydrogens (tertiary/aromatic N) is 1. The Labute approximate surface area is 128 Å². The van der Waals surface area contributed by atoms with Gasteiger partial charge < -0.3 is 15.0 Å². The summed E-state index contributed by atoms with van der Waals surface area (Å²) in [4.78, 5) is 26.7. The highest BCUT2D eigenvalue weighted by Gasteiger charge is 2.50. The van der Waals surface area contributed by atoms with Crippen LogP contribution >= 0.6 is 11.3 Å². The maximum atomic E-state index is 12.6. The molecule has 0 aromatic carbocycles. The fourth-order valence-electron chi connectivity index (χ4n) is 3.18. The van der Waals surface area contributed by atoms with Crippen molar-refractivity contribution in [3.05, 3.63) is 22.4 Å². The van der Waals surface area contributed by atoms with Crippen molar-refractivity contribution in [2.45, 2.75) is 38.5 Å². The van der Waals surface area contributed by atoms with Gasteiger partial charge in [0.05, 0.1) is 23.6 Å². The third kappa shape index (κ3) is 2.70. The van der Waals surface area contributed by atoms with E-state index in [1.54, 1.807) is 0 Å². The number of nitrogens with one attached hydrogen (secondary N) is 1. The maximum absolute atomic E-state index is 12.6. The van der Waals surface area contributed by atoms with Crippen LogP contribution in [0.15, 0.2) is 16.8 Å². The largest absolute Gasteiger partial charge is 0.375 e. The second kappa shape index (κ2) is 5.77. The Kier molecular flexibility index (Phi) is 3.99. The van der Waals surface area contributed by atoms with Gasteiger partial charge in [-0.25, -0.2) is 0 Å². The molecule has 2 amide bonds. The van der Waals surface area contributed by atoms with Crippen molar-refractivity contribution in [3.63, 3.8) is 0 Å². The van der Waals surface area contributed by atoms with E-state index in [-0.39, 0.29) is 35.9 Å². The van der Waals surface area contributed by atoms with Crippen LogP contribution in [0.4, 0.5) is 0 Å². The molecule has 0 saturated carbocycles. The molecular weight excluding hydrogens is 288 g/mol. The van der Waals surface area contributed by atoms with Gasteiger partial charge in [0, 0.05) is 24.6 Å². The maximum Gasteiger partial charge on any atom is 0.255 e. The standard InChI is InChI=1S/C15H20N2O3S/c1-9(2)16-14(18)11-7-17(12-3-5-20-13(11)12)15(19)10-4-6-21-8-10/h4,6,8-9,11-13H,3,5,7H2,1-2H3,(H,16,18)/t11-,12+,13-/m1/s1. The average Bonchev–Trinajstić information content (AvgIpc) is 3.14. The van der Waals surface area contributed by atoms with E-state index < -0.39 is 0 Å². The van der Waals surface area contributed by atoms with Crippen LogP contribution in [0.3, 0.4) is 0 Å². The highest BCUT2D eigenvalue weighted by Crippen LogP contribution is 2.34. The molecule has 0 aliphatic carbocycles. The van der Waals surface area contributed by atoms with E-state index in [4.69, 9.17) is 4.74 Å². The highest BCUT2D eigenvalue weighted by atomic mass is 32.1. The van der Waals surface area contributed by atoms with E-state index >= 15 is 0 Å². The monoisotopic (exact) mass is 308 g/mol. The zero-order valence-electron chi connectivity index (χ0n) is 12.2. The van der Waals surface area contributed by atoms with Gasteiger partial charge >= 0.3 is 0 Å². The number of likely N-dealkylation sites (tertiary alicyclic amines) is 1. The molecule has 5 nitrogen and oxygen atoms in total. The minimum absolute atomic E-state index is 0.0107. The molecule has 3 rings (SSSR count). The summed E-state index contributed by atoms with van der Waals surface area (Å²) >= 11 is 1.51. The van der Waals surface area contributed by atoms with Crippen LogP contribution in [0.2, 0.25) is 0 Å². The van der Waals surface area contributed by atoms with E-state index in [1.165, 1.54) is 11.3 Å². The number of ether oxygens (including phenoxy) is 1. The lowest BCUT2D eigenvalue weighted by Crippen LogP contribution is -2.41. The van der Waals surface area contributed by atoms with Crippen molar-refractivity contribution < 1.29 is 14.3 Å². The zero-order valence-corrected chi connectivity index (χ0v) is 13.1. The summed E-state index contributed by atoms with van der Waals surface area (Å²) in [6, 6.07) is 1.96. The van der Waals surface area contributed by atoms with Crippen LogP contribution in [-0.4, -0.2) is 48.1 Å². The first kappa shape index (κ1) is 14.5. The molecular formula is C15H20N2O3S. The average molecular weight is 308 g/mol. The molecule has 21 heavy (non-hydrogen) atoms. The Balaban J connectivity index is 1.78. The third-order valence-corrected chi connectivity index (χ3v) is 4.77. The number of hydrogen-bond donors (Lipinski definition) is 1. The second-order valence-electron chi connectivity index (χ2n) is 5.93. The van der Waals surface area contributed by atoms with E-state index in [0.717, 1.165) is 6.42 Å². The summed E-state index contributed by atoms with van der Waals surface area (Å²) < 4.78 is 5.74. The summed E-state index contributed by atoms with van der Waals surface area (Å²) in [7, 11) is 0. The van der Waals surface area contributed by atoms with Gasteiger partial charge in [0.25, 0.3) is 5.91 Å². The lowest BCUT2D eigenvalue weighted by molar-refractivity contribution is -0.128. The van der Waals surface area contributed by atoms with Crippen LogP contribution in [0.25, 0.3) is 0 Å². The number of rotatable bonds is 3. The molecule has 2 saturated heterocycles. The zero-order chi connectivity index (χ0) is 15.0. The molecule has 3 heterocycles. The van der Waals surface area contributed by atoms with Crippen molar-refractivity contribution in [2.24, 2.45) is 5.92 Å². The Morgan fingerprint density at radius 3 is 2.95 bits per heavy atom. The summed E-state index contributed by atoms with van der Waals surface area (Å²) in [5, 5.41) is 6.69. The van der Waals surface area contributed by atoms with Crippen molar-refractivity contribution in [2.75, 3.05) is 13.2 Å². The second-order valence-corrected chi connectivity index (χ2v) is 6.71.